The topological polar surface area (TPSA) is 23.8 Å². The van der Waals surface area contributed by atoms with Crippen molar-refractivity contribution in [3.8, 4) is 6.07 Å². The zero-order chi connectivity index (χ0) is 9.31. The van der Waals surface area contributed by atoms with E-state index in [-0.39, 0.29) is 5.41 Å². The predicted molar refractivity (Wildman–Crippen MR) is 52.1 cm³/mol. The van der Waals surface area contributed by atoms with Gasteiger partial charge in [-0.25, -0.2) is 0 Å². The van der Waals surface area contributed by atoms with Gasteiger partial charge in [-0.05, 0) is 24.3 Å². The Labute approximate surface area is 79.0 Å². The largest absolute Gasteiger partial charge is 0.198 e. The summed E-state index contributed by atoms with van der Waals surface area (Å²) in [5, 5.41) is 9.04. The van der Waals surface area contributed by atoms with Crippen molar-refractivity contribution in [1.29, 1.82) is 5.26 Å². The molecule has 0 aromatic heterocycles. The van der Waals surface area contributed by atoms with E-state index in [1.54, 1.807) is 0 Å². The monoisotopic (exact) mass is 171 g/mol. The molecule has 0 bridgehead atoms. The van der Waals surface area contributed by atoms with Crippen molar-refractivity contribution < 1.29 is 0 Å². The fraction of sp³-hybridized carbons (Fsp3) is 0.417. The van der Waals surface area contributed by atoms with Gasteiger partial charge in [0.25, 0.3) is 0 Å². The summed E-state index contributed by atoms with van der Waals surface area (Å²) < 4.78 is 0. The van der Waals surface area contributed by atoms with E-state index in [9.17, 15) is 0 Å². The van der Waals surface area contributed by atoms with Crippen molar-refractivity contribution in [2.45, 2.75) is 25.7 Å². The van der Waals surface area contributed by atoms with Crippen molar-refractivity contribution in [3.63, 3.8) is 0 Å². The molecule has 0 saturated heterocycles. The van der Waals surface area contributed by atoms with Crippen LogP contribution >= 0.6 is 0 Å². The van der Waals surface area contributed by atoms with Gasteiger partial charge in [0.1, 0.15) is 0 Å². The third-order valence-electron chi connectivity index (χ3n) is 3.14. The molecule has 1 aromatic carbocycles. The lowest BCUT2D eigenvalue weighted by atomic mass is 9.86. The summed E-state index contributed by atoms with van der Waals surface area (Å²) in [4.78, 5) is 0. The minimum atomic E-state index is -0.0403. The average molecular weight is 171 g/mol. The summed E-state index contributed by atoms with van der Waals surface area (Å²) in [5.41, 5.74) is 1.25. The Morgan fingerprint density at radius 3 is 2.38 bits per heavy atom. The number of rotatable bonds is 2. The quantitative estimate of drug-likeness (QED) is 0.670. The zero-order valence-corrected chi connectivity index (χ0v) is 7.83. The molecule has 0 radical (unpaired) electrons. The number of benzene rings is 1. The molecule has 2 rings (SSSR count). The van der Waals surface area contributed by atoms with E-state index in [1.807, 2.05) is 18.2 Å². The van der Waals surface area contributed by atoms with E-state index in [0.717, 1.165) is 12.8 Å². The van der Waals surface area contributed by atoms with E-state index >= 15 is 0 Å². The van der Waals surface area contributed by atoms with E-state index in [2.05, 4.69) is 25.1 Å². The lowest BCUT2D eigenvalue weighted by molar-refractivity contribution is 0.542. The van der Waals surface area contributed by atoms with Gasteiger partial charge in [0.05, 0.1) is 11.5 Å². The molecule has 0 amide bonds. The lowest BCUT2D eigenvalue weighted by Crippen LogP contribution is -2.08. The van der Waals surface area contributed by atoms with Gasteiger partial charge >= 0.3 is 0 Å². The minimum absolute atomic E-state index is 0.0403. The van der Waals surface area contributed by atoms with Gasteiger partial charge in [-0.1, -0.05) is 37.3 Å². The molecule has 0 N–H and O–H groups in total. The van der Waals surface area contributed by atoms with Crippen LogP contribution in [0.1, 0.15) is 31.2 Å². The van der Waals surface area contributed by atoms with Crippen molar-refractivity contribution >= 4 is 0 Å². The lowest BCUT2D eigenvalue weighted by Gasteiger charge is -2.16. The number of nitriles is 1. The molecule has 0 spiro atoms. The highest BCUT2D eigenvalue weighted by Gasteiger charge is 2.48. The second-order valence-corrected chi connectivity index (χ2v) is 3.90. The normalized spacial score (nSPS) is 20.3. The molecule has 0 heterocycles. The maximum absolute atomic E-state index is 9.04. The average Bonchev–Trinajstić information content (AvgIpc) is 2.99. The third kappa shape index (κ3) is 1.33. The molecule has 13 heavy (non-hydrogen) atoms. The van der Waals surface area contributed by atoms with Crippen molar-refractivity contribution in [2.75, 3.05) is 0 Å². The number of hydrogen-bond donors (Lipinski definition) is 0. The summed E-state index contributed by atoms with van der Waals surface area (Å²) in [6.45, 7) is 2.16. The highest BCUT2D eigenvalue weighted by atomic mass is 14.5. The molecular weight excluding hydrogens is 158 g/mol. The molecule has 1 aromatic rings. The van der Waals surface area contributed by atoms with Crippen LogP contribution in [0.25, 0.3) is 0 Å². The molecule has 66 valence electrons. The third-order valence-corrected chi connectivity index (χ3v) is 3.14. The smallest absolute Gasteiger partial charge is 0.0696 e. The second kappa shape index (κ2) is 2.88. The number of nitrogens with zero attached hydrogens (tertiary/aromatic N) is 1. The number of hydrogen-bond acceptors (Lipinski definition) is 1. The van der Waals surface area contributed by atoms with Crippen LogP contribution in [-0.4, -0.2) is 0 Å². The highest BCUT2D eigenvalue weighted by Crippen LogP contribution is 2.55. The molecule has 1 atom stereocenters. The molecule has 0 unspecified atom stereocenters. The Kier molecular flexibility index (Phi) is 1.84. The molecule has 1 fully saturated rings. The predicted octanol–water partition coefficient (Wildman–Crippen LogP) is 3.09. The Bertz CT molecular complexity index is 330. The zero-order valence-electron chi connectivity index (χ0n) is 7.83. The summed E-state index contributed by atoms with van der Waals surface area (Å²) in [5.74, 6) is 0.388. The Morgan fingerprint density at radius 2 is 1.92 bits per heavy atom. The Morgan fingerprint density at radius 1 is 1.31 bits per heavy atom. The fourth-order valence-corrected chi connectivity index (χ4v) is 1.84. The Balaban J connectivity index is 2.24. The SMILES string of the molecule is C[C@H](c1ccccc1)C1(C#N)CC1. The molecule has 0 aliphatic heterocycles. The van der Waals surface area contributed by atoms with Crippen molar-refractivity contribution in [3.05, 3.63) is 35.9 Å². The van der Waals surface area contributed by atoms with Crippen LogP contribution in [0.2, 0.25) is 0 Å². The van der Waals surface area contributed by atoms with E-state index < -0.39 is 0 Å². The first-order chi connectivity index (χ1) is 6.28. The van der Waals surface area contributed by atoms with Gasteiger partial charge in [0.15, 0.2) is 0 Å². The van der Waals surface area contributed by atoms with Crippen LogP contribution in [0.5, 0.6) is 0 Å². The fourth-order valence-electron chi connectivity index (χ4n) is 1.84. The molecule has 1 heteroatoms. The maximum atomic E-state index is 9.04. The first kappa shape index (κ1) is 8.31. The van der Waals surface area contributed by atoms with Crippen LogP contribution in [0, 0.1) is 16.7 Å². The van der Waals surface area contributed by atoms with Crippen LogP contribution in [0.3, 0.4) is 0 Å². The molecular formula is C12H13N. The van der Waals surface area contributed by atoms with Gasteiger partial charge in [0.2, 0.25) is 0 Å². The standard InChI is InChI=1S/C12H13N/c1-10(12(9-13)7-8-12)11-5-3-2-4-6-11/h2-6,10H,7-8H2,1H3/t10-/m1/s1. The van der Waals surface area contributed by atoms with Crippen LogP contribution in [-0.2, 0) is 0 Å². The van der Waals surface area contributed by atoms with E-state index in [1.165, 1.54) is 5.56 Å². The first-order valence-corrected chi connectivity index (χ1v) is 4.75. The first-order valence-electron chi connectivity index (χ1n) is 4.75. The highest BCUT2D eigenvalue weighted by molar-refractivity contribution is 5.28. The maximum Gasteiger partial charge on any atom is 0.0696 e. The van der Waals surface area contributed by atoms with E-state index in [4.69, 9.17) is 5.26 Å². The van der Waals surface area contributed by atoms with Gasteiger partial charge < -0.3 is 0 Å². The van der Waals surface area contributed by atoms with Crippen molar-refractivity contribution in [1.82, 2.24) is 0 Å². The van der Waals surface area contributed by atoms with Crippen molar-refractivity contribution in [2.24, 2.45) is 5.41 Å². The van der Waals surface area contributed by atoms with Gasteiger partial charge in [-0.2, -0.15) is 5.26 Å². The van der Waals surface area contributed by atoms with Gasteiger partial charge in [0, 0.05) is 0 Å². The molecule has 1 saturated carbocycles. The van der Waals surface area contributed by atoms with Crippen LogP contribution < -0.4 is 0 Å². The summed E-state index contributed by atoms with van der Waals surface area (Å²) in [6, 6.07) is 12.8. The summed E-state index contributed by atoms with van der Waals surface area (Å²) in [7, 11) is 0. The minimum Gasteiger partial charge on any atom is -0.198 e. The van der Waals surface area contributed by atoms with E-state index in [0.29, 0.717) is 5.92 Å². The molecule has 1 nitrogen and oxygen atoms in total. The molecule has 1 aliphatic carbocycles. The van der Waals surface area contributed by atoms with Crippen LogP contribution in [0.4, 0.5) is 0 Å². The summed E-state index contributed by atoms with van der Waals surface area (Å²) in [6.07, 6.45) is 2.14. The summed E-state index contributed by atoms with van der Waals surface area (Å²) >= 11 is 0. The second-order valence-electron chi connectivity index (χ2n) is 3.90. The van der Waals surface area contributed by atoms with Gasteiger partial charge in [-0.3, -0.25) is 0 Å². The Hall–Kier alpha value is -1.29. The van der Waals surface area contributed by atoms with Crippen LogP contribution in [0.15, 0.2) is 30.3 Å². The molecule has 1 aliphatic rings. The van der Waals surface area contributed by atoms with Gasteiger partial charge in [-0.15, -0.1) is 0 Å².